The second-order valence-corrected chi connectivity index (χ2v) is 4.00. The molecule has 0 radical (unpaired) electrons. The lowest BCUT2D eigenvalue weighted by molar-refractivity contribution is -0.135. The molecule has 0 aliphatic heterocycles. The molecule has 1 aromatic heterocycles. The summed E-state index contributed by atoms with van der Waals surface area (Å²) in [7, 11) is 0. The van der Waals surface area contributed by atoms with E-state index in [1.807, 2.05) is 20.8 Å². The molecule has 0 saturated heterocycles. The van der Waals surface area contributed by atoms with Gasteiger partial charge in [-0.1, -0.05) is 13.8 Å². The van der Waals surface area contributed by atoms with Crippen molar-refractivity contribution >= 4 is 11.9 Å². The predicted molar refractivity (Wildman–Crippen MR) is 62.0 cm³/mol. The second-order valence-electron chi connectivity index (χ2n) is 4.00. The number of carboxylic acids is 1. The number of hydrogen-bond acceptors (Lipinski definition) is 3. The van der Waals surface area contributed by atoms with Crippen molar-refractivity contribution in [3.63, 3.8) is 0 Å². The van der Waals surface area contributed by atoms with E-state index in [1.165, 1.54) is 0 Å². The van der Waals surface area contributed by atoms with Crippen molar-refractivity contribution in [2.75, 3.05) is 6.54 Å². The van der Waals surface area contributed by atoms with Gasteiger partial charge in [-0.05, 0) is 18.9 Å². The Hall–Kier alpha value is -1.85. The molecule has 0 aliphatic carbocycles. The Bertz CT molecular complexity index is 424. The Morgan fingerprint density at radius 1 is 1.53 bits per heavy atom. The van der Waals surface area contributed by atoms with Crippen molar-refractivity contribution in [1.82, 2.24) is 15.1 Å². The third kappa shape index (κ3) is 3.30. The van der Waals surface area contributed by atoms with Crippen LogP contribution in [0.2, 0.25) is 0 Å². The Morgan fingerprint density at radius 3 is 2.65 bits per heavy atom. The van der Waals surface area contributed by atoms with E-state index in [0.29, 0.717) is 12.2 Å². The first-order chi connectivity index (χ1) is 7.95. The normalized spacial score (nSPS) is 10.6. The van der Waals surface area contributed by atoms with Gasteiger partial charge in [-0.25, -0.2) is 0 Å². The maximum Gasteiger partial charge on any atom is 0.322 e. The molecule has 6 heteroatoms. The standard InChI is InChI=1S/C11H17N3O3/c1-4-14-9(5-8(13-14)7(2)3)11(17)12-6-10(15)16/h5,7H,4,6H2,1-3H3,(H,12,17)(H,15,16). The van der Waals surface area contributed by atoms with E-state index >= 15 is 0 Å². The lowest BCUT2D eigenvalue weighted by Crippen LogP contribution is -2.30. The largest absolute Gasteiger partial charge is 0.480 e. The molecule has 1 heterocycles. The lowest BCUT2D eigenvalue weighted by Gasteiger charge is -2.03. The van der Waals surface area contributed by atoms with Crippen LogP contribution in [0.3, 0.4) is 0 Å². The number of nitrogens with zero attached hydrogens (tertiary/aromatic N) is 2. The van der Waals surface area contributed by atoms with Gasteiger partial charge in [-0.15, -0.1) is 0 Å². The van der Waals surface area contributed by atoms with Crippen LogP contribution in [-0.4, -0.2) is 33.3 Å². The van der Waals surface area contributed by atoms with Gasteiger partial charge < -0.3 is 10.4 Å². The molecule has 2 N–H and O–H groups in total. The minimum absolute atomic E-state index is 0.230. The van der Waals surface area contributed by atoms with Gasteiger partial charge in [-0.2, -0.15) is 5.10 Å². The van der Waals surface area contributed by atoms with Crippen LogP contribution < -0.4 is 5.32 Å². The van der Waals surface area contributed by atoms with Crippen LogP contribution in [0.15, 0.2) is 6.07 Å². The number of carbonyl (C=O) groups is 2. The van der Waals surface area contributed by atoms with Gasteiger partial charge in [0.05, 0.1) is 5.69 Å². The summed E-state index contributed by atoms with van der Waals surface area (Å²) in [6.45, 7) is 6.04. The first kappa shape index (κ1) is 13.2. The highest BCUT2D eigenvalue weighted by Crippen LogP contribution is 2.14. The second kappa shape index (κ2) is 5.47. The summed E-state index contributed by atoms with van der Waals surface area (Å²) in [5.41, 5.74) is 1.23. The number of aliphatic carboxylic acids is 1. The molecule has 1 aromatic rings. The first-order valence-electron chi connectivity index (χ1n) is 5.53. The van der Waals surface area contributed by atoms with Crippen LogP contribution in [0.25, 0.3) is 0 Å². The molecule has 0 aliphatic rings. The molecule has 1 amide bonds. The summed E-state index contributed by atoms with van der Waals surface area (Å²) in [6.07, 6.45) is 0. The molecule has 6 nitrogen and oxygen atoms in total. The fraction of sp³-hybridized carbons (Fsp3) is 0.545. The van der Waals surface area contributed by atoms with E-state index in [4.69, 9.17) is 5.11 Å². The Labute approximate surface area is 99.6 Å². The number of carbonyl (C=O) groups excluding carboxylic acids is 1. The summed E-state index contributed by atoms with van der Waals surface area (Å²) < 4.78 is 1.58. The number of aryl methyl sites for hydroxylation is 1. The Kier molecular flexibility index (Phi) is 4.25. The Balaban J connectivity index is 2.88. The topological polar surface area (TPSA) is 84.2 Å². The number of carboxylic acid groups (broad SMARTS) is 1. The van der Waals surface area contributed by atoms with E-state index in [-0.39, 0.29) is 12.5 Å². The van der Waals surface area contributed by atoms with E-state index in [1.54, 1.807) is 10.7 Å². The number of aromatic nitrogens is 2. The van der Waals surface area contributed by atoms with Gasteiger partial charge in [0.25, 0.3) is 5.91 Å². The molecule has 0 atom stereocenters. The molecule has 0 unspecified atom stereocenters. The maximum atomic E-state index is 11.7. The smallest absolute Gasteiger partial charge is 0.322 e. The molecule has 0 saturated carbocycles. The first-order valence-corrected chi connectivity index (χ1v) is 5.53. The molecule has 17 heavy (non-hydrogen) atoms. The summed E-state index contributed by atoms with van der Waals surface area (Å²) >= 11 is 0. The highest BCUT2D eigenvalue weighted by molar-refractivity contribution is 5.94. The predicted octanol–water partition coefficient (Wildman–Crippen LogP) is 0.841. The van der Waals surface area contributed by atoms with Crippen LogP contribution >= 0.6 is 0 Å². The van der Waals surface area contributed by atoms with Crippen molar-refractivity contribution < 1.29 is 14.7 Å². The molecule has 94 valence electrons. The zero-order valence-electron chi connectivity index (χ0n) is 10.2. The molecule has 0 spiro atoms. The molecular weight excluding hydrogens is 222 g/mol. The molecule has 0 aromatic carbocycles. The van der Waals surface area contributed by atoms with E-state index in [9.17, 15) is 9.59 Å². The van der Waals surface area contributed by atoms with Crippen molar-refractivity contribution in [3.8, 4) is 0 Å². The van der Waals surface area contributed by atoms with Crippen molar-refractivity contribution in [2.45, 2.75) is 33.2 Å². The minimum Gasteiger partial charge on any atom is -0.480 e. The molecule has 0 fully saturated rings. The van der Waals surface area contributed by atoms with Crippen molar-refractivity contribution in [3.05, 3.63) is 17.5 Å². The Morgan fingerprint density at radius 2 is 2.18 bits per heavy atom. The molecule has 0 bridgehead atoms. The van der Waals surface area contributed by atoms with E-state index in [0.717, 1.165) is 5.69 Å². The zero-order valence-corrected chi connectivity index (χ0v) is 10.2. The fourth-order valence-corrected chi connectivity index (χ4v) is 1.39. The van der Waals surface area contributed by atoms with Crippen LogP contribution in [0.5, 0.6) is 0 Å². The highest BCUT2D eigenvalue weighted by Gasteiger charge is 2.16. The quantitative estimate of drug-likeness (QED) is 0.797. The maximum absolute atomic E-state index is 11.7. The summed E-state index contributed by atoms with van der Waals surface area (Å²) in [5, 5.41) is 15.1. The van der Waals surface area contributed by atoms with Crippen molar-refractivity contribution in [1.29, 1.82) is 0 Å². The molecular formula is C11H17N3O3. The minimum atomic E-state index is -1.06. The molecule has 1 rings (SSSR count). The summed E-state index contributed by atoms with van der Waals surface area (Å²) in [6, 6.07) is 1.70. The van der Waals surface area contributed by atoms with Crippen LogP contribution in [-0.2, 0) is 11.3 Å². The van der Waals surface area contributed by atoms with Gasteiger partial charge in [0.2, 0.25) is 0 Å². The van der Waals surface area contributed by atoms with Gasteiger partial charge in [0, 0.05) is 6.54 Å². The highest BCUT2D eigenvalue weighted by atomic mass is 16.4. The van der Waals surface area contributed by atoms with Gasteiger partial charge >= 0.3 is 5.97 Å². The average molecular weight is 239 g/mol. The SMILES string of the molecule is CCn1nc(C(C)C)cc1C(=O)NCC(=O)O. The average Bonchev–Trinajstić information content (AvgIpc) is 2.69. The third-order valence-corrected chi connectivity index (χ3v) is 2.32. The number of amides is 1. The van der Waals surface area contributed by atoms with Crippen LogP contribution in [0.4, 0.5) is 0 Å². The van der Waals surface area contributed by atoms with Crippen molar-refractivity contribution in [2.24, 2.45) is 0 Å². The monoisotopic (exact) mass is 239 g/mol. The van der Waals surface area contributed by atoms with Crippen LogP contribution in [0, 0.1) is 0 Å². The zero-order chi connectivity index (χ0) is 13.0. The summed E-state index contributed by atoms with van der Waals surface area (Å²) in [4.78, 5) is 22.1. The third-order valence-electron chi connectivity index (χ3n) is 2.32. The van der Waals surface area contributed by atoms with E-state index in [2.05, 4.69) is 10.4 Å². The van der Waals surface area contributed by atoms with Gasteiger partial charge in [0.1, 0.15) is 12.2 Å². The summed E-state index contributed by atoms with van der Waals surface area (Å²) in [5.74, 6) is -1.24. The van der Waals surface area contributed by atoms with Gasteiger partial charge in [-0.3, -0.25) is 14.3 Å². The lowest BCUT2D eigenvalue weighted by atomic mass is 10.1. The van der Waals surface area contributed by atoms with E-state index < -0.39 is 11.9 Å². The number of rotatable bonds is 5. The number of nitrogens with one attached hydrogen (secondary N) is 1. The van der Waals surface area contributed by atoms with Crippen LogP contribution in [0.1, 0.15) is 42.9 Å². The van der Waals surface area contributed by atoms with Gasteiger partial charge in [0.15, 0.2) is 0 Å². The fourth-order valence-electron chi connectivity index (χ4n) is 1.39. The number of hydrogen-bond donors (Lipinski definition) is 2.